The van der Waals surface area contributed by atoms with Crippen molar-refractivity contribution in [1.29, 1.82) is 0 Å². The number of benzene rings is 1. The van der Waals surface area contributed by atoms with E-state index in [0.29, 0.717) is 11.7 Å². The Balaban J connectivity index is 1.89. The molecule has 0 saturated carbocycles. The molecule has 2 N–H and O–H groups in total. The van der Waals surface area contributed by atoms with E-state index < -0.39 is 0 Å². The molecule has 4 rings (SSSR count). The number of aliphatic hydroxyl groups is 1. The predicted molar refractivity (Wildman–Crippen MR) is 119 cm³/mol. The second-order valence-corrected chi connectivity index (χ2v) is 7.81. The van der Waals surface area contributed by atoms with Gasteiger partial charge in [-0.1, -0.05) is 24.3 Å². The molecule has 2 aromatic heterocycles. The minimum atomic E-state index is -0.0707. The van der Waals surface area contributed by atoms with Crippen molar-refractivity contribution in [3.05, 3.63) is 82.9 Å². The number of pyridine rings is 1. The molecule has 0 amide bonds. The van der Waals surface area contributed by atoms with Gasteiger partial charge in [-0.25, -0.2) is 0 Å². The van der Waals surface area contributed by atoms with Crippen molar-refractivity contribution in [3.8, 4) is 5.69 Å². The zero-order valence-corrected chi connectivity index (χ0v) is 17.8. The lowest BCUT2D eigenvalue weighted by molar-refractivity contribution is 0.222. The van der Waals surface area contributed by atoms with E-state index >= 15 is 0 Å². The zero-order chi connectivity index (χ0) is 20.5. The maximum absolute atomic E-state index is 9.69. The number of rotatable bonds is 5. The van der Waals surface area contributed by atoms with Gasteiger partial charge < -0.3 is 19.9 Å². The number of β-amino-alcohol motifs (C(OH)–C–C–N with tert-alkyl or cyclic N) is 1. The lowest BCUT2D eigenvalue weighted by Crippen LogP contribution is -2.32. The molecule has 1 aliphatic rings. The van der Waals surface area contributed by atoms with E-state index in [2.05, 4.69) is 64.8 Å². The fourth-order valence-electron chi connectivity index (χ4n) is 4.47. The Morgan fingerprint density at radius 2 is 1.76 bits per heavy atom. The lowest BCUT2D eigenvalue weighted by Gasteiger charge is -2.28. The van der Waals surface area contributed by atoms with Crippen molar-refractivity contribution in [1.82, 2.24) is 19.8 Å². The van der Waals surface area contributed by atoms with Crippen molar-refractivity contribution in [2.24, 2.45) is 0 Å². The Labute approximate surface area is 177 Å². The first kappa shape index (κ1) is 19.6. The van der Waals surface area contributed by atoms with Crippen LogP contribution in [0.25, 0.3) is 5.69 Å². The maximum atomic E-state index is 9.69. The molecule has 5 nitrogen and oxygen atoms in total. The molecule has 1 fully saturated rings. The van der Waals surface area contributed by atoms with Gasteiger partial charge in [0, 0.05) is 35.4 Å². The molecule has 1 aliphatic heterocycles. The first-order valence-electron chi connectivity index (χ1n) is 9.87. The van der Waals surface area contributed by atoms with Gasteiger partial charge in [0.05, 0.1) is 24.4 Å². The van der Waals surface area contributed by atoms with Crippen molar-refractivity contribution in [2.75, 3.05) is 13.2 Å². The van der Waals surface area contributed by atoms with Crippen molar-refractivity contribution < 1.29 is 5.11 Å². The minimum Gasteiger partial charge on any atom is -0.395 e. The highest BCUT2D eigenvalue weighted by atomic mass is 32.1. The van der Waals surface area contributed by atoms with Gasteiger partial charge in [0.2, 0.25) is 0 Å². The predicted octanol–water partition coefficient (Wildman–Crippen LogP) is 3.76. The number of thiocarbonyl (C=S) groups is 1. The van der Waals surface area contributed by atoms with Gasteiger partial charge in [-0.15, -0.1) is 0 Å². The third-order valence-electron chi connectivity index (χ3n) is 5.86. The van der Waals surface area contributed by atoms with E-state index in [4.69, 9.17) is 12.2 Å². The van der Waals surface area contributed by atoms with Gasteiger partial charge in [-0.2, -0.15) is 0 Å². The van der Waals surface area contributed by atoms with Crippen LogP contribution in [-0.2, 0) is 0 Å². The normalized spacial score (nSPS) is 18.9. The van der Waals surface area contributed by atoms with Gasteiger partial charge in [-0.3, -0.25) is 4.98 Å². The van der Waals surface area contributed by atoms with Crippen LogP contribution in [0.1, 0.15) is 40.3 Å². The van der Waals surface area contributed by atoms with Crippen LogP contribution in [0.3, 0.4) is 0 Å². The number of hydrogen-bond donors (Lipinski definition) is 2. The van der Waals surface area contributed by atoms with Crippen LogP contribution < -0.4 is 5.32 Å². The quantitative estimate of drug-likeness (QED) is 0.632. The summed E-state index contributed by atoms with van der Waals surface area (Å²) in [5.74, 6) is 0. The molecule has 3 aromatic rings. The average molecular weight is 407 g/mol. The molecule has 1 aromatic carbocycles. The molecule has 0 aliphatic carbocycles. The summed E-state index contributed by atoms with van der Waals surface area (Å²) in [6, 6.07) is 16.3. The number of para-hydroxylation sites is 1. The SMILES string of the molecule is Cc1c([C@H]2[C@@H](c3ccccn3)NC(=S)N2CCO)c(C)n(-c2ccccc2)c1C. The average Bonchev–Trinajstić information content (AvgIpc) is 3.17. The summed E-state index contributed by atoms with van der Waals surface area (Å²) in [7, 11) is 0. The Morgan fingerprint density at radius 1 is 1.03 bits per heavy atom. The summed E-state index contributed by atoms with van der Waals surface area (Å²) in [4.78, 5) is 6.69. The Hall–Kier alpha value is -2.70. The van der Waals surface area contributed by atoms with Crippen molar-refractivity contribution >= 4 is 17.3 Å². The number of nitrogens with zero attached hydrogens (tertiary/aromatic N) is 3. The number of nitrogens with one attached hydrogen (secondary N) is 1. The Kier molecular flexibility index (Phi) is 5.39. The molecule has 3 heterocycles. The number of hydrogen-bond acceptors (Lipinski definition) is 3. The first-order valence-corrected chi connectivity index (χ1v) is 10.3. The second-order valence-electron chi connectivity index (χ2n) is 7.42. The zero-order valence-electron chi connectivity index (χ0n) is 17.0. The molecule has 0 bridgehead atoms. The van der Waals surface area contributed by atoms with E-state index in [1.807, 2.05) is 30.5 Å². The summed E-state index contributed by atoms with van der Waals surface area (Å²) < 4.78 is 2.30. The first-order chi connectivity index (χ1) is 14.0. The Bertz CT molecular complexity index is 1020. The smallest absolute Gasteiger partial charge is 0.170 e. The third-order valence-corrected chi connectivity index (χ3v) is 6.21. The molecule has 150 valence electrons. The second kappa shape index (κ2) is 7.97. The topological polar surface area (TPSA) is 53.3 Å². The van der Waals surface area contributed by atoms with Crippen LogP contribution in [0.15, 0.2) is 54.7 Å². The summed E-state index contributed by atoms with van der Waals surface area (Å²) >= 11 is 5.65. The molecule has 2 atom stereocenters. The third kappa shape index (κ3) is 3.32. The fraction of sp³-hybridized carbons (Fsp3) is 0.304. The lowest BCUT2D eigenvalue weighted by atomic mass is 9.93. The van der Waals surface area contributed by atoms with Crippen LogP contribution >= 0.6 is 12.2 Å². The highest BCUT2D eigenvalue weighted by Gasteiger charge is 2.42. The number of aromatic nitrogens is 2. The monoisotopic (exact) mass is 406 g/mol. The summed E-state index contributed by atoms with van der Waals surface area (Å²) in [5, 5.41) is 13.8. The van der Waals surface area contributed by atoms with Crippen LogP contribution in [0, 0.1) is 20.8 Å². The van der Waals surface area contributed by atoms with Gasteiger partial charge in [0.1, 0.15) is 0 Å². The standard InChI is InChI=1S/C23H26N4OS/c1-15-16(2)27(18-9-5-4-6-10-18)17(3)20(15)22-21(19-11-7-8-12-24-19)25-23(29)26(22)13-14-28/h4-12,21-22,28H,13-14H2,1-3H3,(H,25,29)/t21-,22+/m1/s1. The molecule has 0 radical (unpaired) electrons. The molecule has 29 heavy (non-hydrogen) atoms. The van der Waals surface area contributed by atoms with Gasteiger partial charge >= 0.3 is 0 Å². The molecule has 0 unspecified atom stereocenters. The van der Waals surface area contributed by atoms with Crippen molar-refractivity contribution in [2.45, 2.75) is 32.9 Å². The molecule has 6 heteroatoms. The van der Waals surface area contributed by atoms with E-state index in [0.717, 1.165) is 11.4 Å². The van der Waals surface area contributed by atoms with E-state index in [1.165, 1.54) is 22.5 Å². The van der Waals surface area contributed by atoms with E-state index in [1.54, 1.807) is 0 Å². The van der Waals surface area contributed by atoms with Crippen LogP contribution in [0.2, 0.25) is 0 Å². The fourth-order valence-corrected chi connectivity index (χ4v) is 4.81. The number of aliphatic hydroxyl groups excluding tert-OH is 1. The largest absolute Gasteiger partial charge is 0.395 e. The molecule has 0 spiro atoms. The molecule has 1 saturated heterocycles. The molecular formula is C23H26N4OS. The maximum Gasteiger partial charge on any atom is 0.170 e. The summed E-state index contributed by atoms with van der Waals surface area (Å²) in [6.07, 6.45) is 1.81. The van der Waals surface area contributed by atoms with Crippen LogP contribution in [0.4, 0.5) is 0 Å². The van der Waals surface area contributed by atoms with Crippen LogP contribution in [-0.4, -0.2) is 37.8 Å². The van der Waals surface area contributed by atoms with E-state index in [9.17, 15) is 5.11 Å². The van der Waals surface area contributed by atoms with Crippen LogP contribution in [0.5, 0.6) is 0 Å². The van der Waals surface area contributed by atoms with Crippen molar-refractivity contribution in [3.63, 3.8) is 0 Å². The van der Waals surface area contributed by atoms with E-state index in [-0.39, 0.29) is 18.7 Å². The summed E-state index contributed by atoms with van der Waals surface area (Å²) in [6.45, 7) is 7.02. The van der Waals surface area contributed by atoms with Gasteiger partial charge in [0.15, 0.2) is 5.11 Å². The van der Waals surface area contributed by atoms with Gasteiger partial charge in [-0.05, 0) is 62.8 Å². The highest BCUT2D eigenvalue weighted by molar-refractivity contribution is 7.80. The molecular weight excluding hydrogens is 380 g/mol. The Morgan fingerprint density at radius 3 is 2.41 bits per heavy atom. The summed E-state index contributed by atoms with van der Waals surface area (Å²) in [5.41, 5.74) is 6.98. The minimum absolute atomic E-state index is 0.0341. The highest BCUT2D eigenvalue weighted by Crippen LogP contribution is 2.43. The van der Waals surface area contributed by atoms with Gasteiger partial charge in [0.25, 0.3) is 0 Å².